The molecule has 1 heterocycles. The van der Waals surface area contributed by atoms with Gasteiger partial charge in [-0.15, -0.1) is 0 Å². The number of carbonyl (C=O) groups is 1. The Morgan fingerprint density at radius 2 is 1.84 bits per heavy atom. The van der Waals surface area contributed by atoms with E-state index in [1.54, 1.807) is 31.5 Å². The molecule has 7 nitrogen and oxygen atoms in total. The van der Waals surface area contributed by atoms with Gasteiger partial charge in [0.25, 0.3) is 11.5 Å². The first kappa shape index (κ1) is 20.9. The average molecular weight is 427 g/mol. The van der Waals surface area contributed by atoms with E-state index in [9.17, 15) is 14.7 Å². The van der Waals surface area contributed by atoms with E-state index in [4.69, 9.17) is 4.74 Å². The fraction of sp³-hybridized carbons (Fsp3) is 0.0800. The average Bonchev–Trinajstić information content (AvgIpc) is 2.82. The molecule has 1 amide bonds. The van der Waals surface area contributed by atoms with E-state index < -0.39 is 11.5 Å². The predicted octanol–water partition coefficient (Wildman–Crippen LogP) is 3.53. The quantitative estimate of drug-likeness (QED) is 0.364. The number of amides is 1. The number of phenolic OH excluding ortho intramolecular Hbond substituents is 1. The Morgan fingerprint density at radius 3 is 2.62 bits per heavy atom. The van der Waals surface area contributed by atoms with Crippen molar-refractivity contribution in [1.82, 2.24) is 9.99 Å². The number of methoxy groups -OCH3 is 1. The molecule has 3 aromatic carbocycles. The number of fused-ring (bicyclic) bond motifs is 1. The van der Waals surface area contributed by atoms with Crippen LogP contribution in [0.25, 0.3) is 10.8 Å². The summed E-state index contributed by atoms with van der Waals surface area (Å²) in [6, 6.07) is 21.3. The third kappa shape index (κ3) is 4.37. The molecule has 0 saturated heterocycles. The molecule has 7 heteroatoms. The maximum Gasteiger partial charge on any atom is 0.276 e. The lowest BCUT2D eigenvalue weighted by molar-refractivity contribution is 0.0953. The molecule has 0 aliphatic rings. The highest BCUT2D eigenvalue weighted by molar-refractivity contribution is 6.03. The third-order valence-corrected chi connectivity index (χ3v) is 5.08. The molecule has 0 bridgehead atoms. The zero-order valence-corrected chi connectivity index (χ0v) is 17.4. The van der Waals surface area contributed by atoms with Crippen LogP contribution in [0.3, 0.4) is 0 Å². The van der Waals surface area contributed by atoms with Crippen molar-refractivity contribution < 1.29 is 14.6 Å². The first-order valence-corrected chi connectivity index (χ1v) is 9.93. The number of nitrogens with zero attached hydrogens (tertiary/aromatic N) is 2. The monoisotopic (exact) mass is 427 g/mol. The molecule has 0 radical (unpaired) electrons. The van der Waals surface area contributed by atoms with Crippen LogP contribution in [0.5, 0.6) is 11.5 Å². The largest absolute Gasteiger partial charge is 0.507 e. The fourth-order valence-electron chi connectivity index (χ4n) is 3.40. The van der Waals surface area contributed by atoms with Gasteiger partial charge in [-0.2, -0.15) is 5.10 Å². The molecule has 0 atom stereocenters. The van der Waals surface area contributed by atoms with E-state index in [1.807, 2.05) is 48.5 Å². The van der Waals surface area contributed by atoms with E-state index in [2.05, 4.69) is 10.5 Å². The minimum atomic E-state index is -0.630. The number of nitrogens with one attached hydrogen (secondary N) is 1. The Bertz CT molecular complexity index is 1360. The summed E-state index contributed by atoms with van der Waals surface area (Å²) in [4.78, 5) is 25.4. The second-order valence-electron chi connectivity index (χ2n) is 7.12. The van der Waals surface area contributed by atoms with Crippen molar-refractivity contribution in [1.29, 1.82) is 0 Å². The van der Waals surface area contributed by atoms with Crippen LogP contribution >= 0.6 is 0 Å². The van der Waals surface area contributed by atoms with Gasteiger partial charge in [0.15, 0.2) is 0 Å². The Hall–Kier alpha value is -4.39. The molecule has 1 aromatic heterocycles. The number of pyridine rings is 1. The summed E-state index contributed by atoms with van der Waals surface area (Å²) in [7, 11) is 1.59. The number of hydrogen-bond donors (Lipinski definition) is 2. The molecule has 32 heavy (non-hydrogen) atoms. The molecule has 4 rings (SSSR count). The zero-order valence-electron chi connectivity index (χ0n) is 17.4. The van der Waals surface area contributed by atoms with Crippen LogP contribution in [0.15, 0.2) is 88.9 Å². The number of benzene rings is 3. The van der Waals surface area contributed by atoms with Crippen LogP contribution in [0.1, 0.15) is 21.5 Å². The number of aromatic hydroxyl groups is 1. The molecule has 0 aliphatic heterocycles. The molecular formula is C25H21N3O4. The van der Waals surface area contributed by atoms with E-state index in [0.29, 0.717) is 12.1 Å². The summed E-state index contributed by atoms with van der Waals surface area (Å²) in [5.74, 6) is 0.141. The van der Waals surface area contributed by atoms with E-state index in [-0.39, 0.29) is 11.3 Å². The molecule has 2 N–H and O–H groups in total. The maximum absolute atomic E-state index is 12.8. The van der Waals surface area contributed by atoms with Crippen molar-refractivity contribution in [2.75, 3.05) is 7.11 Å². The number of hydrazone groups is 1. The minimum Gasteiger partial charge on any atom is -0.507 e. The Labute approximate surface area is 184 Å². The number of carbonyl (C=O) groups excluding carboxylic acids is 1. The Kier molecular flexibility index (Phi) is 5.98. The van der Waals surface area contributed by atoms with Crippen LogP contribution < -0.4 is 15.7 Å². The van der Waals surface area contributed by atoms with Gasteiger partial charge in [-0.05, 0) is 46.7 Å². The smallest absolute Gasteiger partial charge is 0.276 e. The molecule has 0 spiro atoms. The highest BCUT2D eigenvalue weighted by Gasteiger charge is 2.12. The van der Waals surface area contributed by atoms with Crippen LogP contribution in [-0.4, -0.2) is 28.9 Å². The van der Waals surface area contributed by atoms with Gasteiger partial charge >= 0.3 is 0 Å². The number of rotatable bonds is 6. The fourth-order valence-corrected chi connectivity index (χ4v) is 3.40. The van der Waals surface area contributed by atoms with Gasteiger partial charge < -0.3 is 14.4 Å². The van der Waals surface area contributed by atoms with Crippen molar-refractivity contribution in [2.45, 2.75) is 6.54 Å². The lowest BCUT2D eigenvalue weighted by Gasteiger charge is -2.08. The van der Waals surface area contributed by atoms with E-state index >= 15 is 0 Å². The highest BCUT2D eigenvalue weighted by Crippen LogP contribution is 2.25. The lowest BCUT2D eigenvalue weighted by atomic mass is 10.0. The highest BCUT2D eigenvalue weighted by atomic mass is 16.5. The summed E-state index contributed by atoms with van der Waals surface area (Å²) in [6.45, 7) is 0.317. The van der Waals surface area contributed by atoms with Crippen molar-refractivity contribution in [2.24, 2.45) is 5.10 Å². The molecule has 0 unspecified atom stereocenters. The summed E-state index contributed by atoms with van der Waals surface area (Å²) in [5, 5.41) is 15.9. The molecule has 160 valence electrons. The van der Waals surface area contributed by atoms with Gasteiger partial charge in [0.2, 0.25) is 0 Å². The number of phenols is 1. The van der Waals surface area contributed by atoms with Crippen LogP contribution in [-0.2, 0) is 6.54 Å². The van der Waals surface area contributed by atoms with Crippen LogP contribution in [0, 0.1) is 0 Å². The van der Waals surface area contributed by atoms with Crippen LogP contribution in [0.2, 0.25) is 0 Å². The van der Waals surface area contributed by atoms with Crippen molar-refractivity contribution in [3.63, 3.8) is 0 Å². The summed E-state index contributed by atoms with van der Waals surface area (Å²) in [6.07, 6.45) is 3.00. The second kappa shape index (κ2) is 9.18. The normalized spacial score (nSPS) is 11.0. The van der Waals surface area contributed by atoms with Gasteiger partial charge in [0, 0.05) is 11.8 Å². The zero-order chi connectivity index (χ0) is 22.5. The molecule has 0 fully saturated rings. The summed E-state index contributed by atoms with van der Waals surface area (Å²) < 4.78 is 6.60. The van der Waals surface area contributed by atoms with Crippen molar-refractivity contribution in [3.05, 3.63) is 106 Å². The lowest BCUT2D eigenvalue weighted by Crippen LogP contribution is -2.30. The van der Waals surface area contributed by atoms with E-state index in [0.717, 1.165) is 22.1 Å². The van der Waals surface area contributed by atoms with Gasteiger partial charge in [-0.3, -0.25) is 9.59 Å². The molecular weight excluding hydrogens is 406 g/mol. The minimum absolute atomic E-state index is 0.0275. The first-order chi connectivity index (χ1) is 15.6. The molecule has 0 saturated carbocycles. The van der Waals surface area contributed by atoms with Crippen molar-refractivity contribution >= 4 is 22.9 Å². The maximum atomic E-state index is 12.8. The van der Waals surface area contributed by atoms with Gasteiger partial charge in [-0.1, -0.05) is 42.5 Å². The van der Waals surface area contributed by atoms with Crippen LogP contribution in [0.4, 0.5) is 0 Å². The van der Waals surface area contributed by atoms with Crippen molar-refractivity contribution in [3.8, 4) is 11.5 Å². The first-order valence-electron chi connectivity index (χ1n) is 9.93. The third-order valence-electron chi connectivity index (χ3n) is 5.08. The standard InChI is InChI=1S/C25H21N3O4/c1-32-19-11-8-17(9-12-19)16-28-14-4-7-21(25(28)31)24(30)27-26-15-22-20-6-3-2-5-18(20)10-13-23(22)29/h2-15,29H,16H2,1H3,(H,27,30)/b26-15-. The molecule has 4 aromatic rings. The number of hydrogen-bond acceptors (Lipinski definition) is 5. The Balaban J connectivity index is 1.52. The second-order valence-corrected chi connectivity index (χ2v) is 7.12. The van der Waals surface area contributed by atoms with Gasteiger partial charge in [-0.25, -0.2) is 5.43 Å². The Morgan fingerprint density at radius 1 is 1.06 bits per heavy atom. The predicted molar refractivity (Wildman–Crippen MR) is 123 cm³/mol. The van der Waals surface area contributed by atoms with E-state index in [1.165, 1.54) is 16.8 Å². The summed E-state index contributed by atoms with van der Waals surface area (Å²) in [5.41, 5.74) is 3.30. The topological polar surface area (TPSA) is 92.9 Å². The van der Waals surface area contributed by atoms with Gasteiger partial charge in [0.1, 0.15) is 17.1 Å². The summed E-state index contributed by atoms with van der Waals surface area (Å²) >= 11 is 0. The number of aromatic nitrogens is 1. The molecule has 0 aliphatic carbocycles. The number of ether oxygens (including phenoxy) is 1. The SMILES string of the molecule is COc1ccc(Cn2cccc(C(=O)N/N=C\c3c(O)ccc4ccccc34)c2=O)cc1. The van der Waals surface area contributed by atoms with Gasteiger partial charge in [0.05, 0.1) is 19.9 Å².